The third kappa shape index (κ3) is 4.09. The van der Waals surface area contributed by atoms with Crippen LogP contribution < -0.4 is 4.74 Å². The number of methoxy groups -OCH3 is 1. The number of amides is 3. The number of carbonyl (C=O) groups is 3. The standard InChI is InChI=1S/C21H26N2O4S/c1-13-10-17(27-4)14(2)9-16(13)11-18-20(25)23(21(26)28-18)12-19(24)22-8-6-5-7-15(22)3/h9-11,15H,5-8,12H2,1-4H3/b18-11-/t15-/m1/s1. The van der Waals surface area contributed by atoms with E-state index in [2.05, 4.69) is 0 Å². The first-order valence-corrected chi connectivity index (χ1v) is 10.3. The highest BCUT2D eigenvalue weighted by molar-refractivity contribution is 8.18. The van der Waals surface area contributed by atoms with Crippen molar-refractivity contribution >= 4 is 34.9 Å². The molecule has 1 atom stereocenters. The van der Waals surface area contributed by atoms with Gasteiger partial charge >= 0.3 is 0 Å². The first kappa shape index (κ1) is 20.5. The average Bonchev–Trinajstić information content (AvgIpc) is 2.92. The molecule has 1 aromatic rings. The Balaban J connectivity index is 1.77. The quantitative estimate of drug-likeness (QED) is 0.718. The summed E-state index contributed by atoms with van der Waals surface area (Å²) in [4.78, 5) is 41.0. The zero-order valence-corrected chi connectivity index (χ0v) is 17.6. The Labute approximate surface area is 169 Å². The Morgan fingerprint density at radius 1 is 1.25 bits per heavy atom. The summed E-state index contributed by atoms with van der Waals surface area (Å²) in [6.07, 6.45) is 4.76. The summed E-state index contributed by atoms with van der Waals surface area (Å²) in [7, 11) is 1.62. The molecule has 0 bridgehead atoms. The van der Waals surface area contributed by atoms with Crippen LogP contribution in [0.1, 0.15) is 42.9 Å². The Kier molecular flexibility index (Phi) is 6.13. The van der Waals surface area contributed by atoms with E-state index in [1.807, 2.05) is 32.9 Å². The van der Waals surface area contributed by atoms with Crippen molar-refractivity contribution in [1.29, 1.82) is 0 Å². The largest absolute Gasteiger partial charge is 0.496 e. The monoisotopic (exact) mass is 402 g/mol. The van der Waals surface area contributed by atoms with Crippen LogP contribution in [0.5, 0.6) is 5.75 Å². The van der Waals surface area contributed by atoms with Crippen molar-refractivity contribution in [2.45, 2.75) is 46.1 Å². The summed E-state index contributed by atoms with van der Waals surface area (Å²) in [6.45, 7) is 6.38. The number of likely N-dealkylation sites (tertiary alicyclic amines) is 1. The summed E-state index contributed by atoms with van der Waals surface area (Å²) < 4.78 is 5.32. The molecule has 2 heterocycles. The van der Waals surface area contributed by atoms with Crippen LogP contribution in [-0.2, 0) is 9.59 Å². The Bertz CT molecular complexity index is 849. The van der Waals surface area contributed by atoms with E-state index >= 15 is 0 Å². The Morgan fingerprint density at radius 3 is 2.68 bits per heavy atom. The third-order valence-corrected chi connectivity index (χ3v) is 6.27. The number of carbonyl (C=O) groups excluding carboxylic acids is 3. The van der Waals surface area contributed by atoms with Gasteiger partial charge in [0.25, 0.3) is 11.1 Å². The van der Waals surface area contributed by atoms with Crippen LogP contribution in [0, 0.1) is 13.8 Å². The van der Waals surface area contributed by atoms with E-state index in [1.165, 1.54) is 0 Å². The van der Waals surface area contributed by atoms with Crippen LogP contribution in [0.4, 0.5) is 4.79 Å². The lowest BCUT2D eigenvalue weighted by Gasteiger charge is -2.34. The number of benzene rings is 1. The molecule has 7 heteroatoms. The number of hydrogen-bond donors (Lipinski definition) is 0. The lowest BCUT2D eigenvalue weighted by atomic mass is 10.0. The second-order valence-electron chi connectivity index (χ2n) is 7.38. The highest BCUT2D eigenvalue weighted by Gasteiger charge is 2.38. The van der Waals surface area contributed by atoms with Crippen molar-refractivity contribution < 1.29 is 19.1 Å². The van der Waals surface area contributed by atoms with E-state index in [0.29, 0.717) is 11.4 Å². The molecule has 0 N–H and O–H groups in total. The molecular formula is C21H26N2O4S. The van der Waals surface area contributed by atoms with Gasteiger partial charge in [-0.1, -0.05) is 0 Å². The minimum atomic E-state index is -0.402. The maximum absolute atomic E-state index is 12.8. The maximum Gasteiger partial charge on any atom is 0.294 e. The Morgan fingerprint density at radius 2 is 2.00 bits per heavy atom. The Hall–Kier alpha value is -2.28. The van der Waals surface area contributed by atoms with E-state index in [-0.39, 0.29) is 18.5 Å². The van der Waals surface area contributed by atoms with Crippen LogP contribution in [0.2, 0.25) is 0 Å². The van der Waals surface area contributed by atoms with E-state index < -0.39 is 11.1 Å². The minimum Gasteiger partial charge on any atom is -0.496 e. The normalized spacial score (nSPS) is 21.6. The molecule has 0 unspecified atom stereocenters. The number of hydrogen-bond acceptors (Lipinski definition) is 5. The fourth-order valence-electron chi connectivity index (χ4n) is 3.66. The van der Waals surface area contributed by atoms with E-state index in [9.17, 15) is 14.4 Å². The summed E-state index contributed by atoms with van der Waals surface area (Å²) >= 11 is 0.887. The number of thioether (sulfide) groups is 1. The van der Waals surface area contributed by atoms with Gasteiger partial charge in [-0.2, -0.15) is 0 Å². The molecular weight excluding hydrogens is 376 g/mol. The molecule has 0 aromatic heterocycles. The van der Waals surface area contributed by atoms with Gasteiger partial charge in [0.05, 0.1) is 12.0 Å². The maximum atomic E-state index is 12.8. The molecule has 0 spiro atoms. The second kappa shape index (κ2) is 8.39. The van der Waals surface area contributed by atoms with Crippen LogP contribution in [0.15, 0.2) is 17.0 Å². The minimum absolute atomic E-state index is 0.154. The molecule has 3 amide bonds. The van der Waals surface area contributed by atoms with Crippen LogP contribution >= 0.6 is 11.8 Å². The lowest BCUT2D eigenvalue weighted by Crippen LogP contribution is -2.47. The highest BCUT2D eigenvalue weighted by Crippen LogP contribution is 2.34. The van der Waals surface area contributed by atoms with Gasteiger partial charge in [0.1, 0.15) is 12.3 Å². The SMILES string of the molecule is COc1cc(C)c(/C=C2\SC(=O)N(CC(=O)N3CCCC[C@H]3C)C2=O)cc1C. The number of piperidine rings is 1. The van der Waals surface area contributed by atoms with Crippen molar-refractivity contribution in [2.24, 2.45) is 0 Å². The van der Waals surface area contributed by atoms with Gasteiger partial charge in [0, 0.05) is 12.6 Å². The molecule has 1 aromatic carbocycles. The zero-order chi connectivity index (χ0) is 20.4. The van der Waals surface area contributed by atoms with Gasteiger partial charge in [-0.3, -0.25) is 19.3 Å². The van der Waals surface area contributed by atoms with Gasteiger partial charge in [0.2, 0.25) is 5.91 Å². The second-order valence-corrected chi connectivity index (χ2v) is 8.37. The van der Waals surface area contributed by atoms with E-state index in [4.69, 9.17) is 4.74 Å². The molecule has 2 aliphatic rings. The molecule has 0 saturated carbocycles. The number of ether oxygens (including phenoxy) is 1. The van der Waals surface area contributed by atoms with Gasteiger partial charge in [-0.15, -0.1) is 0 Å². The summed E-state index contributed by atoms with van der Waals surface area (Å²) in [5.74, 6) is 0.220. The van der Waals surface area contributed by atoms with Crippen LogP contribution in [-0.4, -0.2) is 53.1 Å². The van der Waals surface area contributed by atoms with Gasteiger partial charge in [-0.05, 0) is 86.7 Å². The molecule has 2 aliphatic heterocycles. The first-order chi connectivity index (χ1) is 13.3. The number of aryl methyl sites for hydroxylation is 2. The fourth-order valence-corrected chi connectivity index (χ4v) is 4.49. The first-order valence-electron chi connectivity index (χ1n) is 9.52. The summed E-state index contributed by atoms with van der Waals surface area (Å²) in [5, 5.41) is -0.392. The van der Waals surface area contributed by atoms with Crippen LogP contribution in [0.25, 0.3) is 6.08 Å². The molecule has 150 valence electrons. The molecule has 2 saturated heterocycles. The van der Waals surface area contributed by atoms with E-state index in [1.54, 1.807) is 18.1 Å². The molecule has 0 radical (unpaired) electrons. The van der Waals surface area contributed by atoms with Gasteiger partial charge in [-0.25, -0.2) is 0 Å². The average molecular weight is 403 g/mol. The number of nitrogens with zero attached hydrogens (tertiary/aromatic N) is 2. The molecule has 28 heavy (non-hydrogen) atoms. The van der Waals surface area contributed by atoms with Crippen molar-refractivity contribution in [3.8, 4) is 5.75 Å². The molecule has 0 aliphatic carbocycles. The van der Waals surface area contributed by atoms with Crippen molar-refractivity contribution in [2.75, 3.05) is 20.2 Å². The topological polar surface area (TPSA) is 66.9 Å². The van der Waals surface area contributed by atoms with Crippen molar-refractivity contribution in [3.63, 3.8) is 0 Å². The van der Waals surface area contributed by atoms with Crippen LogP contribution in [0.3, 0.4) is 0 Å². The number of imide groups is 1. The number of rotatable bonds is 4. The van der Waals surface area contributed by atoms with Gasteiger partial charge < -0.3 is 9.64 Å². The molecule has 3 rings (SSSR count). The van der Waals surface area contributed by atoms with Gasteiger partial charge in [0.15, 0.2) is 0 Å². The molecule has 6 nitrogen and oxygen atoms in total. The fraction of sp³-hybridized carbons (Fsp3) is 0.476. The third-order valence-electron chi connectivity index (χ3n) is 5.36. The van der Waals surface area contributed by atoms with E-state index in [0.717, 1.165) is 58.4 Å². The van der Waals surface area contributed by atoms with Crippen molar-refractivity contribution in [3.05, 3.63) is 33.7 Å². The smallest absolute Gasteiger partial charge is 0.294 e. The predicted molar refractivity (Wildman–Crippen MR) is 110 cm³/mol. The molecule has 2 fully saturated rings. The zero-order valence-electron chi connectivity index (χ0n) is 16.8. The van der Waals surface area contributed by atoms with Crippen molar-refractivity contribution in [1.82, 2.24) is 9.80 Å². The predicted octanol–water partition coefficient (Wildman–Crippen LogP) is 3.75. The summed E-state index contributed by atoms with van der Waals surface area (Å²) in [6, 6.07) is 4.00. The highest BCUT2D eigenvalue weighted by atomic mass is 32.2. The summed E-state index contributed by atoms with van der Waals surface area (Å²) in [5.41, 5.74) is 2.76. The lowest BCUT2D eigenvalue weighted by molar-refractivity contribution is -0.138.